The molecule has 1 nitrogen and oxygen atoms in total. The van der Waals surface area contributed by atoms with Crippen LogP contribution in [0.1, 0.15) is 12.0 Å². The summed E-state index contributed by atoms with van der Waals surface area (Å²) in [4.78, 5) is 0. The molecule has 1 aromatic carbocycles. The van der Waals surface area contributed by atoms with E-state index in [1.54, 1.807) is 18.2 Å². The molecule has 1 rings (SSSR count). The lowest BCUT2D eigenvalue weighted by Crippen LogP contribution is -2.04. The summed E-state index contributed by atoms with van der Waals surface area (Å²) in [5.41, 5.74) is 0.826. The number of hydrogen-bond donors (Lipinski definition) is 0. The fourth-order valence-electron chi connectivity index (χ4n) is 1.18. The van der Waals surface area contributed by atoms with Crippen LogP contribution in [0.15, 0.2) is 24.3 Å². The predicted octanol–water partition coefficient (Wildman–Crippen LogP) is 3.62. The average molecular weight is 265 g/mol. The van der Waals surface area contributed by atoms with Gasteiger partial charge in [-0.05, 0) is 24.5 Å². The molecule has 14 heavy (non-hydrogen) atoms. The minimum absolute atomic E-state index is 0.281. The van der Waals surface area contributed by atoms with E-state index in [4.69, 9.17) is 0 Å². The fraction of sp³-hybridized carbons (Fsp3) is 0.400. The molecule has 0 heterocycles. The summed E-state index contributed by atoms with van der Waals surface area (Å²) < 4.78 is 28.4. The van der Waals surface area contributed by atoms with Gasteiger partial charge in [-0.3, -0.25) is 0 Å². The number of alkyl halides is 3. The van der Waals surface area contributed by atoms with Crippen LogP contribution in [0.5, 0.6) is 5.75 Å². The van der Waals surface area contributed by atoms with E-state index >= 15 is 0 Å². The highest BCUT2D eigenvalue weighted by atomic mass is 79.9. The van der Waals surface area contributed by atoms with Gasteiger partial charge >= 0.3 is 6.61 Å². The Morgan fingerprint density at radius 1 is 1.29 bits per heavy atom. The molecule has 0 atom stereocenters. The van der Waals surface area contributed by atoms with Crippen molar-refractivity contribution in [2.45, 2.75) is 19.5 Å². The highest BCUT2D eigenvalue weighted by molar-refractivity contribution is 9.09. The lowest BCUT2D eigenvalue weighted by atomic mass is 10.1. The van der Waals surface area contributed by atoms with E-state index in [0.29, 0.717) is 0 Å². The Morgan fingerprint density at radius 3 is 2.64 bits per heavy atom. The van der Waals surface area contributed by atoms with Crippen LogP contribution in [0.25, 0.3) is 0 Å². The van der Waals surface area contributed by atoms with Gasteiger partial charge in [-0.25, -0.2) is 0 Å². The van der Waals surface area contributed by atoms with Gasteiger partial charge in [0.25, 0.3) is 0 Å². The summed E-state index contributed by atoms with van der Waals surface area (Å²) in [7, 11) is 0. The van der Waals surface area contributed by atoms with E-state index in [0.717, 1.165) is 23.7 Å². The molecule has 0 aromatic heterocycles. The summed E-state index contributed by atoms with van der Waals surface area (Å²) in [6.45, 7) is -2.75. The first kappa shape index (κ1) is 11.4. The van der Waals surface area contributed by atoms with Crippen molar-refractivity contribution in [3.8, 4) is 5.75 Å². The van der Waals surface area contributed by atoms with Gasteiger partial charge in [0.15, 0.2) is 0 Å². The van der Waals surface area contributed by atoms with Gasteiger partial charge in [0.05, 0.1) is 0 Å². The minimum atomic E-state index is -2.75. The third kappa shape index (κ3) is 3.62. The number of para-hydroxylation sites is 1. The predicted molar refractivity (Wildman–Crippen MR) is 55.2 cm³/mol. The number of hydrogen-bond acceptors (Lipinski definition) is 1. The molecule has 0 amide bonds. The van der Waals surface area contributed by atoms with Crippen LogP contribution in [0.4, 0.5) is 8.78 Å². The van der Waals surface area contributed by atoms with Gasteiger partial charge in [-0.15, -0.1) is 0 Å². The van der Waals surface area contributed by atoms with Crippen LogP contribution in [0.3, 0.4) is 0 Å². The second-order valence-electron chi connectivity index (χ2n) is 2.78. The molecule has 4 heteroatoms. The highest BCUT2D eigenvalue weighted by Gasteiger charge is 2.07. The van der Waals surface area contributed by atoms with Gasteiger partial charge in [0.2, 0.25) is 0 Å². The molecule has 0 aliphatic rings. The van der Waals surface area contributed by atoms with Crippen LogP contribution in [-0.2, 0) is 6.42 Å². The molecular weight excluding hydrogens is 254 g/mol. The van der Waals surface area contributed by atoms with Crippen molar-refractivity contribution in [3.05, 3.63) is 29.8 Å². The van der Waals surface area contributed by atoms with E-state index in [2.05, 4.69) is 20.7 Å². The number of halogens is 3. The van der Waals surface area contributed by atoms with Gasteiger partial charge in [0, 0.05) is 5.33 Å². The molecule has 0 saturated heterocycles. The van der Waals surface area contributed by atoms with E-state index in [1.807, 2.05) is 6.07 Å². The third-order valence-electron chi connectivity index (χ3n) is 1.77. The Kier molecular flexibility index (Phi) is 4.87. The number of aryl methyl sites for hydroxylation is 1. The van der Waals surface area contributed by atoms with Gasteiger partial charge in [-0.2, -0.15) is 8.78 Å². The third-order valence-corrected chi connectivity index (χ3v) is 2.33. The molecule has 0 aliphatic heterocycles. The highest BCUT2D eigenvalue weighted by Crippen LogP contribution is 2.21. The van der Waals surface area contributed by atoms with Crippen molar-refractivity contribution >= 4 is 15.9 Å². The van der Waals surface area contributed by atoms with E-state index in [9.17, 15) is 8.78 Å². The molecule has 0 spiro atoms. The molecule has 0 N–H and O–H groups in total. The lowest BCUT2D eigenvalue weighted by molar-refractivity contribution is -0.0504. The quantitative estimate of drug-likeness (QED) is 0.739. The summed E-state index contributed by atoms with van der Waals surface area (Å²) in [6, 6.07) is 6.88. The standard InChI is InChI=1S/C10H11BrF2O/c11-7-3-5-8-4-1-2-6-9(8)14-10(12)13/h1-2,4,6,10H,3,5,7H2. The maximum Gasteiger partial charge on any atom is 0.387 e. The number of rotatable bonds is 5. The number of benzene rings is 1. The van der Waals surface area contributed by atoms with Crippen molar-refractivity contribution in [1.29, 1.82) is 0 Å². The van der Waals surface area contributed by atoms with Crippen molar-refractivity contribution in [2.75, 3.05) is 5.33 Å². The van der Waals surface area contributed by atoms with E-state index < -0.39 is 6.61 Å². The van der Waals surface area contributed by atoms with E-state index in [-0.39, 0.29) is 5.75 Å². The SMILES string of the molecule is FC(F)Oc1ccccc1CCCBr. The van der Waals surface area contributed by atoms with Gasteiger partial charge in [-0.1, -0.05) is 34.1 Å². The van der Waals surface area contributed by atoms with Crippen LogP contribution >= 0.6 is 15.9 Å². The molecule has 0 unspecified atom stereocenters. The van der Waals surface area contributed by atoms with Gasteiger partial charge < -0.3 is 4.74 Å². The summed E-state index contributed by atoms with van der Waals surface area (Å²) in [5.74, 6) is 0.281. The Balaban J connectivity index is 2.69. The summed E-state index contributed by atoms with van der Waals surface area (Å²) >= 11 is 3.29. The van der Waals surface area contributed by atoms with E-state index in [1.165, 1.54) is 0 Å². The Morgan fingerprint density at radius 2 is 2.00 bits per heavy atom. The molecule has 1 aromatic rings. The second kappa shape index (κ2) is 5.96. The first-order valence-corrected chi connectivity index (χ1v) is 5.45. The zero-order valence-electron chi connectivity index (χ0n) is 7.55. The van der Waals surface area contributed by atoms with Crippen LogP contribution < -0.4 is 4.74 Å². The number of ether oxygens (including phenoxy) is 1. The maximum absolute atomic E-state index is 12.0. The molecule has 0 aliphatic carbocycles. The van der Waals surface area contributed by atoms with Crippen LogP contribution in [0, 0.1) is 0 Å². The largest absolute Gasteiger partial charge is 0.435 e. The molecule has 78 valence electrons. The van der Waals surface area contributed by atoms with Crippen molar-refractivity contribution < 1.29 is 13.5 Å². The smallest absolute Gasteiger partial charge is 0.387 e. The average Bonchev–Trinajstić information content (AvgIpc) is 2.16. The van der Waals surface area contributed by atoms with Crippen molar-refractivity contribution in [3.63, 3.8) is 0 Å². The molecule has 0 bridgehead atoms. The lowest BCUT2D eigenvalue weighted by Gasteiger charge is -2.09. The molecule has 0 fully saturated rings. The normalized spacial score (nSPS) is 10.6. The molecular formula is C10H11BrF2O. The first-order valence-electron chi connectivity index (χ1n) is 4.32. The second-order valence-corrected chi connectivity index (χ2v) is 3.57. The van der Waals surface area contributed by atoms with Crippen LogP contribution in [-0.4, -0.2) is 11.9 Å². The molecule has 0 radical (unpaired) electrons. The zero-order chi connectivity index (χ0) is 10.4. The zero-order valence-corrected chi connectivity index (χ0v) is 9.14. The molecule has 0 saturated carbocycles. The minimum Gasteiger partial charge on any atom is -0.435 e. The fourth-order valence-corrected chi connectivity index (χ4v) is 1.46. The van der Waals surface area contributed by atoms with Crippen LogP contribution in [0.2, 0.25) is 0 Å². The van der Waals surface area contributed by atoms with Crippen molar-refractivity contribution in [1.82, 2.24) is 0 Å². The van der Waals surface area contributed by atoms with Gasteiger partial charge in [0.1, 0.15) is 5.75 Å². The Labute approximate surface area is 90.2 Å². The summed E-state index contributed by atoms with van der Waals surface area (Å²) in [5, 5.41) is 0.857. The maximum atomic E-state index is 12.0. The van der Waals surface area contributed by atoms with Crippen molar-refractivity contribution in [2.24, 2.45) is 0 Å². The summed E-state index contributed by atoms with van der Waals surface area (Å²) in [6.07, 6.45) is 1.65. The Hall–Kier alpha value is -0.640. The topological polar surface area (TPSA) is 9.23 Å². The first-order chi connectivity index (χ1) is 6.74. The monoisotopic (exact) mass is 264 g/mol. The Bertz CT molecular complexity index is 279.